The van der Waals surface area contributed by atoms with E-state index >= 15 is 0 Å². The van der Waals surface area contributed by atoms with Crippen molar-refractivity contribution in [2.24, 2.45) is 0 Å². The van der Waals surface area contributed by atoms with Crippen molar-refractivity contribution < 1.29 is 24.2 Å². The van der Waals surface area contributed by atoms with Gasteiger partial charge in [-0.1, -0.05) is 60.7 Å². The topological polar surface area (TPSA) is 105 Å². The molecule has 0 radical (unpaired) electrons. The Morgan fingerprint density at radius 2 is 1.70 bits per heavy atom. The molecule has 0 saturated heterocycles. The average molecular weight is 449 g/mol. The van der Waals surface area contributed by atoms with Crippen molar-refractivity contribution in [1.82, 2.24) is 10.6 Å². The van der Waals surface area contributed by atoms with Crippen LogP contribution in [0.25, 0.3) is 11.1 Å². The number of nitrogens with one attached hydrogen (secondary N) is 2. The van der Waals surface area contributed by atoms with Crippen LogP contribution in [0.2, 0.25) is 0 Å². The number of allylic oxidation sites excluding steroid dienone is 1. The third kappa shape index (κ3) is 5.88. The maximum absolute atomic E-state index is 12.5. The van der Waals surface area contributed by atoms with Gasteiger partial charge in [-0.25, -0.2) is 9.59 Å². The first-order valence-corrected chi connectivity index (χ1v) is 10.8. The fourth-order valence-electron chi connectivity index (χ4n) is 3.85. The van der Waals surface area contributed by atoms with Crippen molar-refractivity contribution >= 4 is 18.0 Å². The van der Waals surface area contributed by atoms with Gasteiger partial charge in [0.15, 0.2) is 0 Å². The molecule has 1 atom stereocenters. The van der Waals surface area contributed by atoms with Gasteiger partial charge in [-0.15, -0.1) is 6.58 Å². The lowest BCUT2D eigenvalue weighted by Gasteiger charge is -2.19. The predicted octanol–water partition coefficient (Wildman–Crippen LogP) is 4.01. The molecule has 0 aliphatic heterocycles. The second kappa shape index (κ2) is 11.1. The van der Waals surface area contributed by atoms with E-state index in [1.165, 1.54) is 13.0 Å². The fraction of sp³-hybridized carbons (Fsp3) is 0.269. The van der Waals surface area contributed by atoms with Crippen LogP contribution in [-0.4, -0.2) is 42.3 Å². The zero-order chi connectivity index (χ0) is 23.8. The van der Waals surface area contributed by atoms with Crippen LogP contribution < -0.4 is 10.6 Å². The Balaban J connectivity index is 1.61. The molecule has 0 spiro atoms. The van der Waals surface area contributed by atoms with Gasteiger partial charge in [0.2, 0.25) is 5.91 Å². The quantitative estimate of drug-likeness (QED) is 0.376. The number of hydrogen-bond donors (Lipinski definition) is 3. The minimum Gasteiger partial charge on any atom is -0.478 e. The maximum Gasteiger partial charge on any atom is 0.407 e. The number of fused-ring (bicyclic) bond motifs is 3. The molecule has 2 amide bonds. The number of ether oxygens (including phenoxy) is 1. The second-order valence-corrected chi connectivity index (χ2v) is 7.83. The van der Waals surface area contributed by atoms with Crippen molar-refractivity contribution in [2.45, 2.75) is 31.7 Å². The first-order valence-electron chi connectivity index (χ1n) is 10.8. The Hall–Kier alpha value is -3.87. The van der Waals surface area contributed by atoms with Crippen LogP contribution in [-0.2, 0) is 14.3 Å². The molecular formula is C26H28N2O5. The summed E-state index contributed by atoms with van der Waals surface area (Å²) < 4.78 is 5.53. The van der Waals surface area contributed by atoms with Gasteiger partial charge in [-0.3, -0.25) is 4.79 Å². The van der Waals surface area contributed by atoms with Crippen LogP contribution in [0.15, 0.2) is 72.8 Å². The summed E-state index contributed by atoms with van der Waals surface area (Å²) in [7, 11) is 0. The average Bonchev–Trinajstić information content (AvgIpc) is 3.13. The molecular weight excluding hydrogens is 420 g/mol. The molecule has 0 bridgehead atoms. The summed E-state index contributed by atoms with van der Waals surface area (Å²) >= 11 is 0. The highest BCUT2D eigenvalue weighted by atomic mass is 16.5. The van der Waals surface area contributed by atoms with Crippen LogP contribution in [0, 0.1) is 0 Å². The molecule has 1 unspecified atom stereocenters. The van der Waals surface area contributed by atoms with Gasteiger partial charge in [0.1, 0.15) is 12.6 Å². The van der Waals surface area contributed by atoms with Gasteiger partial charge in [-0.2, -0.15) is 0 Å². The molecule has 0 aromatic heterocycles. The summed E-state index contributed by atoms with van der Waals surface area (Å²) in [5.74, 6) is -1.54. The number of carboxylic acid groups (broad SMARTS) is 1. The number of rotatable bonds is 10. The van der Waals surface area contributed by atoms with Gasteiger partial charge in [-0.05, 0) is 42.0 Å². The smallest absolute Gasteiger partial charge is 0.407 e. The first-order chi connectivity index (χ1) is 15.9. The number of aliphatic carboxylic acids is 1. The molecule has 2 aromatic carbocycles. The summed E-state index contributed by atoms with van der Waals surface area (Å²) in [5, 5.41) is 14.1. The number of carbonyl (C=O) groups is 3. The zero-order valence-corrected chi connectivity index (χ0v) is 18.5. The molecule has 0 fully saturated rings. The van der Waals surface area contributed by atoms with Gasteiger partial charge in [0.05, 0.1) is 0 Å². The summed E-state index contributed by atoms with van der Waals surface area (Å²) in [4.78, 5) is 35.9. The van der Waals surface area contributed by atoms with E-state index in [-0.39, 0.29) is 24.6 Å². The van der Waals surface area contributed by atoms with Crippen molar-refractivity contribution in [3.05, 3.63) is 84.0 Å². The Bertz CT molecular complexity index is 1030. The van der Waals surface area contributed by atoms with Crippen LogP contribution in [0.5, 0.6) is 0 Å². The van der Waals surface area contributed by atoms with Crippen molar-refractivity contribution in [3.63, 3.8) is 0 Å². The number of hydrogen-bond acceptors (Lipinski definition) is 4. The van der Waals surface area contributed by atoms with E-state index in [1.807, 2.05) is 36.4 Å². The molecule has 0 saturated carbocycles. The molecule has 33 heavy (non-hydrogen) atoms. The molecule has 0 heterocycles. The van der Waals surface area contributed by atoms with E-state index in [4.69, 9.17) is 9.84 Å². The highest BCUT2D eigenvalue weighted by molar-refractivity contribution is 5.87. The number of carboxylic acids is 1. The number of amides is 2. The number of alkyl carbamates (subject to hydrolysis) is 1. The van der Waals surface area contributed by atoms with Crippen molar-refractivity contribution in [3.8, 4) is 11.1 Å². The van der Waals surface area contributed by atoms with E-state index in [2.05, 4.69) is 29.3 Å². The molecule has 1 aliphatic rings. The molecule has 172 valence electrons. The monoisotopic (exact) mass is 448 g/mol. The predicted molar refractivity (Wildman–Crippen MR) is 126 cm³/mol. The summed E-state index contributed by atoms with van der Waals surface area (Å²) in [6, 6.07) is 15.3. The van der Waals surface area contributed by atoms with E-state index < -0.39 is 24.0 Å². The first kappa shape index (κ1) is 23.8. The van der Waals surface area contributed by atoms with Crippen LogP contribution in [0.4, 0.5) is 4.79 Å². The van der Waals surface area contributed by atoms with Gasteiger partial charge >= 0.3 is 12.1 Å². The Morgan fingerprint density at radius 1 is 1.09 bits per heavy atom. The molecule has 7 nitrogen and oxygen atoms in total. The highest BCUT2D eigenvalue weighted by Gasteiger charge is 2.29. The van der Waals surface area contributed by atoms with Crippen LogP contribution in [0.1, 0.15) is 36.8 Å². The summed E-state index contributed by atoms with van der Waals surface area (Å²) in [6.45, 7) is 5.30. The van der Waals surface area contributed by atoms with E-state index in [9.17, 15) is 14.4 Å². The fourth-order valence-corrected chi connectivity index (χ4v) is 3.85. The Morgan fingerprint density at radius 3 is 2.27 bits per heavy atom. The lowest BCUT2D eigenvalue weighted by atomic mass is 9.98. The SMILES string of the molecule is C=CCCC(NC(=O)OCC1c2ccccc2-c2ccccc21)C(=O)NC/C=C(\C)C(=O)O. The van der Waals surface area contributed by atoms with Crippen LogP contribution >= 0.6 is 0 Å². The lowest BCUT2D eigenvalue weighted by molar-refractivity contribution is -0.132. The molecule has 7 heteroatoms. The summed E-state index contributed by atoms with van der Waals surface area (Å²) in [5.41, 5.74) is 4.61. The van der Waals surface area contributed by atoms with Crippen LogP contribution in [0.3, 0.4) is 0 Å². The van der Waals surface area contributed by atoms with E-state index in [0.717, 1.165) is 22.3 Å². The highest BCUT2D eigenvalue weighted by Crippen LogP contribution is 2.44. The number of carbonyl (C=O) groups excluding carboxylic acids is 2. The lowest BCUT2D eigenvalue weighted by Crippen LogP contribution is -2.47. The molecule has 2 aromatic rings. The largest absolute Gasteiger partial charge is 0.478 e. The maximum atomic E-state index is 12.5. The van der Waals surface area contributed by atoms with E-state index in [0.29, 0.717) is 12.8 Å². The Kier molecular flexibility index (Phi) is 8.02. The molecule has 3 N–H and O–H groups in total. The molecule has 3 rings (SSSR count). The molecule has 1 aliphatic carbocycles. The van der Waals surface area contributed by atoms with E-state index in [1.54, 1.807) is 6.08 Å². The normalized spacial score (nSPS) is 13.4. The third-order valence-corrected chi connectivity index (χ3v) is 5.63. The minimum absolute atomic E-state index is 0.0495. The second-order valence-electron chi connectivity index (χ2n) is 7.83. The zero-order valence-electron chi connectivity index (χ0n) is 18.5. The van der Waals surface area contributed by atoms with Gasteiger partial charge < -0.3 is 20.5 Å². The van der Waals surface area contributed by atoms with Crippen molar-refractivity contribution in [1.29, 1.82) is 0 Å². The minimum atomic E-state index is -1.05. The van der Waals surface area contributed by atoms with Gasteiger partial charge in [0.25, 0.3) is 0 Å². The number of benzene rings is 2. The van der Waals surface area contributed by atoms with Gasteiger partial charge in [0, 0.05) is 18.0 Å². The summed E-state index contributed by atoms with van der Waals surface area (Å²) in [6.07, 6.45) is 3.25. The third-order valence-electron chi connectivity index (χ3n) is 5.63. The standard InChI is InChI=1S/C26H28N2O5/c1-3-4-13-23(24(29)27-15-14-17(2)25(30)31)28-26(32)33-16-22-20-11-7-5-9-18(20)19-10-6-8-12-21(19)22/h3,5-12,14,22-23H,1,4,13,15-16H2,2H3,(H,27,29)(H,28,32)(H,30,31)/b17-14+. The Labute approximate surface area is 193 Å². The van der Waals surface area contributed by atoms with Crippen molar-refractivity contribution in [2.75, 3.05) is 13.2 Å².